The normalized spacial score (nSPS) is 11.5. The Morgan fingerprint density at radius 1 is 1.14 bits per heavy atom. The minimum absolute atomic E-state index is 0.0482. The summed E-state index contributed by atoms with van der Waals surface area (Å²) in [5.41, 5.74) is 3.05. The number of aromatic nitrogens is 2. The molecule has 2 N–H and O–H groups in total. The summed E-state index contributed by atoms with van der Waals surface area (Å²) in [6.45, 7) is 4.07. The molecular formula is C22H24N4O3. The van der Waals surface area contributed by atoms with Crippen LogP contribution in [0.15, 0.2) is 67.0 Å². The molecule has 0 spiro atoms. The highest BCUT2D eigenvalue weighted by atomic mass is 16.5. The van der Waals surface area contributed by atoms with Gasteiger partial charge in [0.05, 0.1) is 18.3 Å². The first-order chi connectivity index (χ1) is 14.1. The molecule has 0 fully saturated rings. The Hall–Kier alpha value is -3.61. The van der Waals surface area contributed by atoms with Crippen LogP contribution in [0.2, 0.25) is 0 Å². The Bertz CT molecular complexity index is 970. The van der Waals surface area contributed by atoms with Gasteiger partial charge in [0, 0.05) is 23.6 Å². The minimum atomic E-state index is -0.341. The molecule has 0 bridgehead atoms. The molecule has 0 saturated heterocycles. The Kier molecular flexibility index (Phi) is 6.63. The summed E-state index contributed by atoms with van der Waals surface area (Å²) in [4.78, 5) is 24.3. The molecule has 0 unspecified atom stereocenters. The van der Waals surface area contributed by atoms with E-state index in [1.807, 2.05) is 43.5 Å². The van der Waals surface area contributed by atoms with Crippen LogP contribution in [0.4, 0.5) is 5.69 Å². The maximum Gasteiger partial charge on any atom is 0.325 e. The number of nitrogens with one attached hydrogen (secondary N) is 2. The van der Waals surface area contributed by atoms with Crippen molar-refractivity contribution in [2.75, 3.05) is 18.5 Å². The second kappa shape index (κ2) is 9.54. The Balaban J connectivity index is 1.69. The molecule has 0 saturated carbocycles. The van der Waals surface area contributed by atoms with E-state index >= 15 is 0 Å². The maximum absolute atomic E-state index is 12.8. The van der Waals surface area contributed by atoms with E-state index in [0.29, 0.717) is 17.9 Å². The summed E-state index contributed by atoms with van der Waals surface area (Å²) in [6, 6.07) is 16.5. The molecular weight excluding hydrogens is 368 g/mol. The number of carbonyl (C=O) groups is 2. The summed E-state index contributed by atoms with van der Waals surface area (Å²) < 4.78 is 6.67. The fourth-order valence-electron chi connectivity index (χ4n) is 2.99. The van der Waals surface area contributed by atoms with Gasteiger partial charge in [-0.15, -0.1) is 0 Å². The van der Waals surface area contributed by atoms with Crippen LogP contribution >= 0.6 is 0 Å². The number of carbonyl (C=O) groups excluding carboxylic acids is 2. The van der Waals surface area contributed by atoms with Crippen molar-refractivity contribution in [3.63, 3.8) is 0 Å². The molecule has 150 valence electrons. The highest BCUT2D eigenvalue weighted by Gasteiger charge is 2.16. The summed E-state index contributed by atoms with van der Waals surface area (Å²) in [5.74, 6) is -0.543. The number of rotatable bonds is 8. The highest BCUT2D eigenvalue weighted by Crippen LogP contribution is 2.21. The van der Waals surface area contributed by atoms with Crippen molar-refractivity contribution in [3.8, 4) is 5.69 Å². The standard InChI is InChI=1S/C22H24N4O3/c1-3-29-21(27)15-23-18-9-6-8-17(14-18)22(28)25-16(2)19-10-4-5-11-20(19)26-13-7-12-24-26/h4-14,16,23H,3,15H2,1-2H3,(H,25,28)/t16-/m1/s1. The van der Waals surface area contributed by atoms with E-state index < -0.39 is 0 Å². The lowest BCUT2D eigenvalue weighted by atomic mass is 10.1. The number of anilines is 1. The highest BCUT2D eigenvalue weighted by molar-refractivity contribution is 5.95. The molecule has 29 heavy (non-hydrogen) atoms. The van der Waals surface area contributed by atoms with E-state index in [0.717, 1.165) is 11.3 Å². The number of hydrogen-bond acceptors (Lipinski definition) is 5. The number of para-hydroxylation sites is 1. The van der Waals surface area contributed by atoms with Gasteiger partial charge in [-0.05, 0) is 49.7 Å². The summed E-state index contributed by atoms with van der Waals surface area (Å²) in [7, 11) is 0. The third kappa shape index (κ3) is 5.22. The molecule has 7 nitrogen and oxygen atoms in total. The first-order valence-electron chi connectivity index (χ1n) is 9.48. The molecule has 7 heteroatoms. The van der Waals surface area contributed by atoms with Crippen LogP contribution in [0.1, 0.15) is 35.8 Å². The quantitative estimate of drug-likeness (QED) is 0.575. The first-order valence-corrected chi connectivity index (χ1v) is 9.48. The Morgan fingerprint density at radius 3 is 2.72 bits per heavy atom. The average molecular weight is 392 g/mol. The summed E-state index contributed by atoms with van der Waals surface area (Å²) >= 11 is 0. The van der Waals surface area contributed by atoms with E-state index in [1.165, 1.54) is 0 Å². The fourth-order valence-corrected chi connectivity index (χ4v) is 2.99. The maximum atomic E-state index is 12.8. The van der Waals surface area contributed by atoms with Gasteiger partial charge < -0.3 is 15.4 Å². The van der Waals surface area contributed by atoms with Crippen molar-refractivity contribution in [1.82, 2.24) is 15.1 Å². The number of benzene rings is 2. The molecule has 1 atom stereocenters. The molecule has 0 aliphatic rings. The van der Waals surface area contributed by atoms with E-state index in [2.05, 4.69) is 15.7 Å². The lowest BCUT2D eigenvalue weighted by Crippen LogP contribution is -2.27. The van der Waals surface area contributed by atoms with Gasteiger partial charge in [0.2, 0.25) is 0 Å². The van der Waals surface area contributed by atoms with Gasteiger partial charge in [-0.25, -0.2) is 4.68 Å². The number of amides is 1. The zero-order valence-corrected chi connectivity index (χ0v) is 16.5. The van der Waals surface area contributed by atoms with E-state index in [9.17, 15) is 9.59 Å². The van der Waals surface area contributed by atoms with E-state index in [1.54, 1.807) is 42.1 Å². The zero-order valence-electron chi connectivity index (χ0n) is 16.5. The van der Waals surface area contributed by atoms with Crippen molar-refractivity contribution >= 4 is 17.6 Å². The van der Waals surface area contributed by atoms with E-state index in [4.69, 9.17) is 4.74 Å². The molecule has 1 aromatic heterocycles. The number of esters is 1. The monoisotopic (exact) mass is 392 g/mol. The molecule has 0 aliphatic carbocycles. The zero-order chi connectivity index (χ0) is 20.6. The van der Waals surface area contributed by atoms with E-state index in [-0.39, 0.29) is 24.5 Å². The largest absolute Gasteiger partial charge is 0.465 e. The van der Waals surface area contributed by atoms with Crippen LogP contribution < -0.4 is 10.6 Å². The van der Waals surface area contributed by atoms with Gasteiger partial charge in [-0.3, -0.25) is 9.59 Å². The topological polar surface area (TPSA) is 85.2 Å². The van der Waals surface area contributed by atoms with Crippen LogP contribution in [-0.2, 0) is 9.53 Å². The van der Waals surface area contributed by atoms with Crippen molar-refractivity contribution in [2.45, 2.75) is 19.9 Å². The second-order valence-corrected chi connectivity index (χ2v) is 6.44. The summed E-state index contributed by atoms with van der Waals surface area (Å²) in [5, 5.41) is 10.3. The van der Waals surface area contributed by atoms with Gasteiger partial charge in [-0.1, -0.05) is 24.3 Å². The third-order valence-electron chi connectivity index (χ3n) is 4.37. The van der Waals surface area contributed by atoms with Gasteiger partial charge in [0.25, 0.3) is 5.91 Å². The molecule has 1 heterocycles. The first kappa shape index (κ1) is 20.1. The average Bonchev–Trinajstić information content (AvgIpc) is 3.27. The number of hydrogen-bond donors (Lipinski definition) is 2. The number of ether oxygens (including phenoxy) is 1. The minimum Gasteiger partial charge on any atom is -0.465 e. The predicted octanol–water partition coefficient (Wildman–Crippen LogP) is 3.34. The van der Waals surface area contributed by atoms with Crippen molar-refractivity contribution in [3.05, 3.63) is 78.1 Å². The number of nitrogens with zero attached hydrogens (tertiary/aromatic N) is 2. The van der Waals surface area contributed by atoms with Crippen LogP contribution in [0, 0.1) is 0 Å². The lowest BCUT2D eigenvalue weighted by Gasteiger charge is -2.18. The van der Waals surface area contributed by atoms with Gasteiger partial charge >= 0.3 is 5.97 Å². The molecule has 2 aromatic carbocycles. The van der Waals surface area contributed by atoms with Gasteiger partial charge in [0.1, 0.15) is 6.54 Å². The molecule has 0 aliphatic heterocycles. The van der Waals surface area contributed by atoms with Crippen molar-refractivity contribution < 1.29 is 14.3 Å². The molecule has 3 aromatic rings. The van der Waals surface area contributed by atoms with Crippen molar-refractivity contribution in [2.24, 2.45) is 0 Å². The molecule has 1 amide bonds. The van der Waals surface area contributed by atoms with Crippen LogP contribution in [0.5, 0.6) is 0 Å². The SMILES string of the molecule is CCOC(=O)CNc1cccc(C(=O)N[C@H](C)c2ccccc2-n2cccn2)c1. The summed E-state index contributed by atoms with van der Waals surface area (Å²) in [6.07, 6.45) is 3.58. The van der Waals surface area contributed by atoms with Gasteiger partial charge in [0.15, 0.2) is 0 Å². The van der Waals surface area contributed by atoms with Crippen LogP contribution in [0.3, 0.4) is 0 Å². The lowest BCUT2D eigenvalue weighted by molar-refractivity contribution is -0.140. The second-order valence-electron chi connectivity index (χ2n) is 6.44. The molecule has 0 radical (unpaired) electrons. The Labute approximate surface area is 169 Å². The smallest absolute Gasteiger partial charge is 0.325 e. The molecule has 3 rings (SSSR count). The van der Waals surface area contributed by atoms with Crippen LogP contribution in [-0.4, -0.2) is 34.8 Å². The third-order valence-corrected chi connectivity index (χ3v) is 4.37. The van der Waals surface area contributed by atoms with Crippen LogP contribution in [0.25, 0.3) is 5.69 Å². The van der Waals surface area contributed by atoms with Gasteiger partial charge in [-0.2, -0.15) is 5.10 Å². The van der Waals surface area contributed by atoms with Crippen molar-refractivity contribution in [1.29, 1.82) is 0 Å². The predicted molar refractivity (Wildman–Crippen MR) is 111 cm³/mol. The fraction of sp³-hybridized carbons (Fsp3) is 0.227. The Morgan fingerprint density at radius 2 is 1.97 bits per heavy atom.